The molecule has 0 bridgehead atoms. The first kappa shape index (κ1) is 20.2. The van der Waals surface area contributed by atoms with E-state index in [1.807, 2.05) is 0 Å². The molecule has 3 rings (SSSR count). The third kappa shape index (κ3) is 5.24. The Morgan fingerprint density at radius 3 is 2.31 bits per heavy atom. The minimum atomic E-state index is -3.72. The van der Waals surface area contributed by atoms with E-state index in [9.17, 15) is 13.2 Å². The van der Waals surface area contributed by atoms with Crippen molar-refractivity contribution in [3.05, 3.63) is 96.7 Å². The zero-order chi connectivity index (χ0) is 20.7. The number of allylic oxidation sites excluding steroid dienone is 1. The molecule has 2 N–H and O–H groups in total. The largest absolute Gasteiger partial charge is 0.497 e. The van der Waals surface area contributed by atoms with Crippen molar-refractivity contribution in [2.24, 2.45) is 0 Å². The van der Waals surface area contributed by atoms with E-state index >= 15 is 0 Å². The summed E-state index contributed by atoms with van der Waals surface area (Å²) in [5.41, 5.74) is 1.37. The quantitative estimate of drug-likeness (QED) is 0.429. The van der Waals surface area contributed by atoms with Gasteiger partial charge in [0.2, 0.25) is 0 Å². The monoisotopic (exact) mass is 408 g/mol. The van der Waals surface area contributed by atoms with Crippen molar-refractivity contribution in [2.75, 3.05) is 17.1 Å². The number of rotatable bonds is 8. The molecular weight excluding hydrogens is 388 g/mol. The second-order valence-corrected chi connectivity index (χ2v) is 7.72. The van der Waals surface area contributed by atoms with Gasteiger partial charge in [-0.25, -0.2) is 8.42 Å². The van der Waals surface area contributed by atoms with Gasteiger partial charge in [-0.3, -0.25) is 9.52 Å². The van der Waals surface area contributed by atoms with Crippen molar-refractivity contribution < 1.29 is 17.9 Å². The molecule has 0 fully saturated rings. The Kier molecular flexibility index (Phi) is 6.31. The summed E-state index contributed by atoms with van der Waals surface area (Å²) in [5, 5.41) is 2.96. The summed E-state index contributed by atoms with van der Waals surface area (Å²) < 4.78 is 32.8. The van der Waals surface area contributed by atoms with Gasteiger partial charge in [-0.2, -0.15) is 0 Å². The lowest BCUT2D eigenvalue weighted by atomic mass is 10.1. The van der Waals surface area contributed by atoms with Gasteiger partial charge in [0.1, 0.15) is 5.75 Å². The summed E-state index contributed by atoms with van der Waals surface area (Å²) in [6.07, 6.45) is 2.84. The van der Waals surface area contributed by atoms with E-state index in [1.165, 1.54) is 31.5 Å². The van der Waals surface area contributed by atoms with E-state index in [4.69, 9.17) is 4.74 Å². The first-order chi connectivity index (χ1) is 14.0. The number of ether oxygens (including phenoxy) is 1. The summed E-state index contributed by atoms with van der Waals surface area (Å²) >= 11 is 0. The fourth-order valence-corrected chi connectivity index (χ4v) is 3.68. The Labute approximate surface area is 169 Å². The normalized spacial score (nSPS) is 11.2. The molecule has 0 saturated heterocycles. The molecule has 29 heavy (non-hydrogen) atoms. The topological polar surface area (TPSA) is 84.5 Å². The van der Waals surface area contributed by atoms with E-state index in [-0.39, 0.29) is 10.7 Å². The van der Waals surface area contributed by atoms with Crippen LogP contribution in [0.3, 0.4) is 0 Å². The molecule has 148 valence electrons. The Morgan fingerprint density at radius 1 is 0.897 bits per heavy atom. The van der Waals surface area contributed by atoms with Gasteiger partial charge >= 0.3 is 0 Å². The molecule has 3 aromatic rings. The lowest BCUT2D eigenvalue weighted by Gasteiger charge is -2.12. The van der Waals surface area contributed by atoms with Gasteiger partial charge in [0.25, 0.3) is 10.0 Å². The molecule has 0 heterocycles. The molecule has 0 spiro atoms. The van der Waals surface area contributed by atoms with E-state index in [1.54, 1.807) is 66.7 Å². The molecule has 0 saturated carbocycles. The third-order valence-electron chi connectivity index (χ3n) is 4.05. The van der Waals surface area contributed by atoms with E-state index in [0.29, 0.717) is 22.7 Å². The lowest BCUT2D eigenvalue weighted by Crippen LogP contribution is -2.13. The second-order valence-electron chi connectivity index (χ2n) is 6.04. The average molecular weight is 408 g/mol. The number of para-hydroxylation sites is 2. The van der Waals surface area contributed by atoms with Gasteiger partial charge in [0.05, 0.1) is 23.4 Å². The predicted molar refractivity (Wildman–Crippen MR) is 114 cm³/mol. The number of nitrogens with one attached hydrogen (secondary N) is 2. The van der Waals surface area contributed by atoms with Gasteiger partial charge in [0.15, 0.2) is 5.78 Å². The summed E-state index contributed by atoms with van der Waals surface area (Å²) in [4.78, 5) is 12.5. The van der Waals surface area contributed by atoms with Crippen LogP contribution >= 0.6 is 0 Å². The van der Waals surface area contributed by atoms with Crippen molar-refractivity contribution >= 4 is 27.2 Å². The molecule has 0 aliphatic carbocycles. The fraction of sp³-hybridized carbons (Fsp3) is 0.0455. The lowest BCUT2D eigenvalue weighted by molar-refractivity contribution is 0.104. The van der Waals surface area contributed by atoms with Crippen LogP contribution in [0.5, 0.6) is 5.75 Å². The molecule has 0 aliphatic rings. The first-order valence-electron chi connectivity index (χ1n) is 8.78. The maximum absolute atomic E-state index is 12.6. The number of carbonyl (C=O) groups excluding carboxylic acids is 1. The highest BCUT2D eigenvalue weighted by Crippen LogP contribution is 2.24. The number of hydrogen-bond acceptors (Lipinski definition) is 5. The highest BCUT2D eigenvalue weighted by atomic mass is 32.2. The maximum Gasteiger partial charge on any atom is 0.261 e. The Morgan fingerprint density at radius 2 is 1.59 bits per heavy atom. The summed E-state index contributed by atoms with van der Waals surface area (Å²) in [6.45, 7) is 0. The Hall–Kier alpha value is -3.58. The number of ketones is 1. The number of sulfonamides is 1. The molecule has 0 aromatic heterocycles. The standard InChI is InChI=1S/C22H20N2O4S/c1-28-18-9-7-8-17(16-18)22(25)14-15-23-20-12-5-6-13-21(20)24-29(26,27)19-10-3-2-4-11-19/h2-16,23-24H,1H3/b15-14-. The molecule has 0 unspecified atom stereocenters. The molecule has 7 heteroatoms. The Balaban J connectivity index is 1.74. The van der Waals surface area contributed by atoms with Crippen LogP contribution in [0.4, 0.5) is 11.4 Å². The smallest absolute Gasteiger partial charge is 0.261 e. The van der Waals surface area contributed by atoms with Gasteiger partial charge in [-0.15, -0.1) is 0 Å². The molecular formula is C22H20N2O4S. The fourth-order valence-electron chi connectivity index (χ4n) is 2.58. The predicted octanol–water partition coefficient (Wildman–Crippen LogP) is 4.30. The molecule has 0 radical (unpaired) electrons. The van der Waals surface area contributed by atoms with Crippen LogP contribution in [0.1, 0.15) is 10.4 Å². The van der Waals surface area contributed by atoms with Crippen LogP contribution in [0.25, 0.3) is 0 Å². The van der Waals surface area contributed by atoms with E-state index in [2.05, 4.69) is 10.0 Å². The highest BCUT2D eigenvalue weighted by molar-refractivity contribution is 7.92. The number of methoxy groups -OCH3 is 1. The SMILES string of the molecule is COc1cccc(C(=O)/C=C\Nc2ccccc2NS(=O)(=O)c2ccccc2)c1. The first-order valence-corrected chi connectivity index (χ1v) is 10.3. The number of anilines is 2. The number of benzene rings is 3. The van der Waals surface area contributed by atoms with Gasteiger partial charge in [-0.05, 0) is 36.4 Å². The van der Waals surface area contributed by atoms with Gasteiger partial charge in [0, 0.05) is 17.8 Å². The summed E-state index contributed by atoms with van der Waals surface area (Å²) in [6, 6.07) is 21.8. The minimum absolute atomic E-state index is 0.165. The number of hydrogen-bond donors (Lipinski definition) is 2. The zero-order valence-corrected chi connectivity index (χ0v) is 16.5. The van der Waals surface area contributed by atoms with Gasteiger partial charge < -0.3 is 10.1 Å². The number of carbonyl (C=O) groups is 1. The third-order valence-corrected chi connectivity index (χ3v) is 5.43. The van der Waals surface area contributed by atoms with Crippen molar-refractivity contribution in [1.29, 1.82) is 0 Å². The van der Waals surface area contributed by atoms with Crippen LogP contribution in [0.15, 0.2) is 96.0 Å². The molecule has 3 aromatic carbocycles. The van der Waals surface area contributed by atoms with E-state index in [0.717, 1.165) is 0 Å². The van der Waals surface area contributed by atoms with Crippen molar-refractivity contribution in [1.82, 2.24) is 0 Å². The van der Waals surface area contributed by atoms with Crippen LogP contribution in [0, 0.1) is 0 Å². The van der Waals surface area contributed by atoms with E-state index < -0.39 is 10.0 Å². The van der Waals surface area contributed by atoms with Crippen molar-refractivity contribution in [3.63, 3.8) is 0 Å². The van der Waals surface area contributed by atoms with Crippen LogP contribution in [0.2, 0.25) is 0 Å². The molecule has 0 atom stereocenters. The molecule has 6 nitrogen and oxygen atoms in total. The maximum atomic E-state index is 12.6. The minimum Gasteiger partial charge on any atom is -0.497 e. The Bertz CT molecular complexity index is 1130. The second kappa shape index (κ2) is 9.07. The zero-order valence-electron chi connectivity index (χ0n) is 15.7. The van der Waals surface area contributed by atoms with Gasteiger partial charge in [-0.1, -0.05) is 42.5 Å². The van der Waals surface area contributed by atoms with Crippen LogP contribution in [-0.2, 0) is 10.0 Å². The van der Waals surface area contributed by atoms with Crippen LogP contribution < -0.4 is 14.8 Å². The van der Waals surface area contributed by atoms with Crippen molar-refractivity contribution in [2.45, 2.75) is 4.90 Å². The van der Waals surface area contributed by atoms with Crippen molar-refractivity contribution in [3.8, 4) is 5.75 Å². The molecule has 0 aliphatic heterocycles. The average Bonchev–Trinajstić information content (AvgIpc) is 2.75. The highest BCUT2D eigenvalue weighted by Gasteiger charge is 2.15. The van der Waals surface area contributed by atoms with Crippen LogP contribution in [-0.4, -0.2) is 21.3 Å². The summed E-state index contributed by atoms with van der Waals surface area (Å²) in [5.74, 6) is 0.386. The molecule has 0 amide bonds. The summed E-state index contributed by atoms with van der Waals surface area (Å²) in [7, 11) is -2.19.